The molecule has 2 heterocycles. The van der Waals surface area contributed by atoms with Crippen LogP contribution in [-0.4, -0.2) is 48.2 Å². The van der Waals surface area contributed by atoms with Crippen molar-refractivity contribution in [2.45, 2.75) is 45.1 Å². The highest BCUT2D eigenvalue weighted by Gasteiger charge is 2.31. The Labute approximate surface area is 145 Å². The molecule has 0 bridgehead atoms. The highest BCUT2D eigenvalue weighted by Crippen LogP contribution is 2.31. The van der Waals surface area contributed by atoms with Crippen molar-refractivity contribution < 1.29 is 9.90 Å². The van der Waals surface area contributed by atoms with Crippen LogP contribution in [0.3, 0.4) is 0 Å². The fraction of sp³-hybridized carbons (Fsp3) is 0.650. The second kappa shape index (κ2) is 8.13. The molecule has 1 aromatic rings. The molecule has 0 aromatic heterocycles. The van der Waals surface area contributed by atoms with Crippen LogP contribution >= 0.6 is 0 Å². The molecular formula is C20H30N2O2. The van der Waals surface area contributed by atoms with E-state index >= 15 is 0 Å². The molecule has 0 radical (unpaired) electrons. The fourth-order valence-corrected chi connectivity index (χ4v) is 4.27. The van der Waals surface area contributed by atoms with Gasteiger partial charge in [0.2, 0.25) is 0 Å². The van der Waals surface area contributed by atoms with Gasteiger partial charge in [0.1, 0.15) is 6.10 Å². The number of aliphatic hydroxyl groups excluding tert-OH is 1. The topological polar surface area (TPSA) is 52.6 Å². The van der Waals surface area contributed by atoms with Crippen molar-refractivity contribution in [2.75, 3.05) is 26.2 Å². The molecule has 132 valence electrons. The van der Waals surface area contributed by atoms with Crippen LogP contribution in [0.1, 0.15) is 36.8 Å². The van der Waals surface area contributed by atoms with Gasteiger partial charge in [-0.05, 0) is 63.1 Å². The van der Waals surface area contributed by atoms with Gasteiger partial charge >= 0.3 is 0 Å². The Morgan fingerprint density at radius 2 is 1.88 bits per heavy atom. The molecule has 2 aliphatic rings. The number of carbonyl (C=O) groups excluding carboxylic acids is 1. The lowest BCUT2D eigenvalue weighted by Crippen LogP contribution is -2.46. The Balaban J connectivity index is 1.49. The summed E-state index contributed by atoms with van der Waals surface area (Å²) in [5.41, 5.74) is 2.19. The number of likely N-dealkylation sites (tertiary alicyclic amines) is 1. The van der Waals surface area contributed by atoms with Crippen LogP contribution in [0.15, 0.2) is 24.3 Å². The molecule has 1 atom stereocenters. The molecule has 4 nitrogen and oxygen atoms in total. The third-order valence-electron chi connectivity index (χ3n) is 5.70. The number of aliphatic hydroxyl groups is 1. The zero-order valence-corrected chi connectivity index (χ0v) is 14.7. The molecule has 1 aromatic carbocycles. The number of aryl methyl sites for hydroxylation is 1. The number of amides is 1. The van der Waals surface area contributed by atoms with Crippen LogP contribution in [0.5, 0.6) is 0 Å². The van der Waals surface area contributed by atoms with E-state index in [1.807, 2.05) is 36.1 Å². The van der Waals surface area contributed by atoms with Crippen molar-refractivity contribution in [3.63, 3.8) is 0 Å². The lowest BCUT2D eigenvalue weighted by atomic mass is 9.79. The molecule has 4 heteroatoms. The van der Waals surface area contributed by atoms with E-state index in [1.54, 1.807) is 0 Å². The van der Waals surface area contributed by atoms with E-state index in [9.17, 15) is 9.90 Å². The van der Waals surface area contributed by atoms with E-state index < -0.39 is 6.10 Å². The molecule has 0 spiro atoms. The minimum Gasteiger partial charge on any atom is -0.383 e. The second-order valence-electron chi connectivity index (χ2n) is 7.46. The van der Waals surface area contributed by atoms with Gasteiger partial charge in [0, 0.05) is 19.5 Å². The lowest BCUT2D eigenvalue weighted by Gasteiger charge is -2.38. The molecule has 2 N–H and O–H groups in total. The van der Waals surface area contributed by atoms with Gasteiger partial charge in [-0.3, -0.25) is 4.79 Å². The number of piperidine rings is 2. The van der Waals surface area contributed by atoms with E-state index in [0.717, 1.165) is 62.0 Å². The van der Waals surface area contributed by atoms with Gasteiger partial charge in [0.05, 0.1) is 0 Å². The van der Waals surface area contributed by atoms with Gasteiger partial charge in [-0.2, -0.15) is 0 Å². The molecule has 2 fully saturated rings. The summed E-state index contributed by atoms with van der Waals surface area (Å²) < 4.78 is 0. The Kier molecular flexibility index (Phi) is 5.90. The number of nitrogens with zero attached hydrogens (tertiary/aromatic N) is 1. The zero-order valence-electron chi connectivity index (χ0n) is 14.7. The second-order valence-corrected chi connectivity index (χ2v) is 7.46. The van der Waals surface area contributed by atoms with Gasteiger partial charge < -0.3 is 15.3 Å². The van der Waals surface area contributed by atoms with Crippen molar-refractivity contribution in [2.24, 2.45) is 11.8 Å². The highest BCUT2D eigenvalue weighted by atomic mass is 16.3. The molecule has 0 saturated carbocycles. The summed E-state index contributed by atoms with van der Waals surface area (Å²) >= 11 is 0. The van der Waals surface area contributed by atoms with Crippen LogP contribution in [0.4, 0.5) is 0 Å². The Hall–Kier alpha value is -1.39. The summed E-state index contributed by atoms with van der Waals surface area (Å²) in [6.45, 7) is 5.91. The monoisotopic (exact) mass is 330 g/mol. The predicted molar refractivity (Wildman–Crippen MR) is 95.8 cm³/mol. The Morgan fingerprint density at radius 1 is 1.21 bits per heavy atom. The fourth-order valence-electron chi connectivity index (χ4n) is 4.27. The van der Waals surface area contributed by atoms with Gasteiger partial charge in [0.15, 0.2) is 0 Å². The smallest absolute Gasteiger partial charge is 0.251 e. The lowest BCUT2D eigenvalue weighted by molar-refractivity contribution is -0.141. The van der Waals surface area contributed by atoms with Crippen molar-refractivity contribution in [3.05, 3.63) is 35.4 Å². The standard InChI is InChI=1S/C20H30N2O2/c1-15-3-2-4-16(13-15)14-19(23)20(24)22-11-7-18(8-12-22)17-5-9-21-10-6-17/h2-4,13,17-19,21,23H,5-12,14H2,1H3/t19-/m1/s1. The highest BCUT2D eigenvalue weighted by molar-refractivity contribution is 5.81. The molecule has 24 heavy (non-hydrogen) atoms. The average Bonchev–Trinajstić information content (AvgIpc) is 2.62. The summed E-state index contributed by atoms with van der Waals surface area (Å²) in [4.78, 5) is 14.4. The number of hydrogen-bond acceptors (Lipinski definition) is 3. The minimum atomic E-state index is -0.915. The molecule has 2 aliphatic heterocycles. The zero-order chi connectivity index (χ0) is 16.9. The number of nitrogens with one attached hydrogen (secondary N) is 1. The number of benzene rings is 1. The molecule has 2 saturated heterocycles. The first-order chi connectivity index (χ1) is 11.6. The average molecular weight is 330 g/mol. The van der Waals surface area contributed by atoms with Gasteiger partial charge in [-0.1, -0.05) is 29.8 Å². The largest absolute Gasteiger partial charge is 0.383 e. The van der Waals surface area contributed by atoms with E-state index in [4.69, 9.17) is 0 Å². The van der Waals surface area contributed by atoms with E-state index in [1.165, 1.54) is 12.8 Å². The van der Waals surface area contributed by atoms with E-state index in [-0.39, 0.29) is 5.91 Å². The number of carbonyl (C=O) groups is 1. The number of hydrogen-bond donors (Lipinski definition) is 2. The molecular weight excluding hydrogens is 300 g/mol. The van der Waals surface area contributed by atoms with E-state index in [2.05, 4.69) is 5.32 Å². The van der Waals surface area contributed by atoms with Crippen LogP contribution in [0, 0.1) is 18.8 Å². The normalized spacial score (nSPS) is 21.7. The summed E-state index contributed by atoms with van der Waals surface area (Å²) in [7, 11) is 0. The van der Waals surface area contributed by atoms with Crippen LogP contribution in [0.25, 0.3) is 0 Å². The maximum Gasteiger partial charge on any atom is 0.251 e. The molecule has 3 rings (SSSR count). The quantitative estimate of drug-likeness (QED) is 0.889. The molecule has 0 unspecified atom stereocenters. The van der Waals surface area contributed by atoms with Crippen molar-refractivity contribution in [1.29, 1.82) is 0 Å². The van der Waals surface area contributed by atoms with Crippen LogP contribution in [-0.2, 0) is 11.2 Å². The van der Waals surface area contributed by atoms with Crippen LogP contribution in [0.2, 0.25) is 0 Å². The Morgan fingerprint density at radius 3 is 2.54 bits per heavy atom. The Bertz CT molecular complexity index is 546. The van der Waals surface area contributed by atoms with E-state index in [0.29, 0.717) is 6.42 Å². The predicted octanol–water partition coefficient (Wildman–Crippen LogP) is 2.14. The van der Waals surface area contributed by atoms with Crippen molar-refractivity contribution in [3.8, 4) is 0 Å². The maximum atomic E-state index is 12.5. The number of rotatable bonds is 4. The summed E-state index contributed by atoms with van der Waals surface area (Å²) in [5.74, 6) is 1.48. The van der Waals surface area contributed by atoms with Gasteiger partial charge in [-0.25, -0.2) is 0 Å². The molecule has 1 amide bonds. The van der Waals surface area contributed by atoms with Crippen molar-refractivity contribution >= 4 is 5.91 Å². The minimum absolute atomic E-state index is 0.0970. The van der Waals surface area contributed by atoms with Gasteiger partial charge in [0.25, 0.3) is 5.91 Å². The maximum absolute atomic E-state index is 12.5. The first kappa shape index (κ1) is 17.4. The van der Waals surface area contributed by atoms with Crippen LogP contribution < -0.4 is 5.32 Å². The first-order valence-electron chi connectivity index (χ1n) is 9.36. The summed E-state index contributed by atoms with van der Waals surface area (Å²) in [6.07, 6.45) is 4.22. The van der Waals surface area contributed by atoms with Crippen molar-refractivity contribution in [1.82, 2.24) is 10.2 Å². The molecule has 0 aliphatic carbocycles. The first-order valence-corrected chi connectivity index (χ1v) is 9.36. The SMILES string of the molecule is Cc1cccc(C[C@@H](O)C(=O)N2CCC(C3CCNCC3)CC2)c1. The summed E-state index contributed by atoms with van der Waals surface area (Å²) in [6, 6.07) is 8.03. The third-order valence-corrected chi connectivity index (χ3v) is 5.70. The third kappa shape index (κ3) is 4.37. The summed E-state index contributed by atoms with van der Waals surface area (Å²) in [5, 5.41) is 13.8. The van der Waals surface area contributed by atoms with Gasteiger partial charge in [-0.15, -0.1) is 0 Å².